The summed E-state index contributed by atoms with van der Waals surface area (Å²) in [6.07, 6.45) is 0.744. The largest absolute Gasteiger partial charge is 0.384 e. The highest BCUT2D eigenvalue weighted by molar-refractivity contribution is 6.34. The van der Waals surface area contributed by atoms with Crippen LogP contribution in [0.15, 0.2) is 24.3 Å². The molecule has 35 heavy (non-hydrogen) atoms. The number of hydrogen-bond acceptors (Lipinski definition) is 5. The lowest BCUT2D eigenvalue weighted by Crippen LogP contribution is -2.60. The van der Waals surface area contributed by atoms with Crippen LogP contribution in [-0.4, -0.2) is 70.8 Å². The molecule has 0 radical (unpaired) electrons. The van der Waals surface area contributed by atoms with Crippen LogP contribution in [0.3, 0.4) is 0 Å². The fourth-order valence-electron chi connectivity index (χ4n) is 5.07. The summed E-state index contributed by atoms with van der Waals surface area (Å²) in [6.45, 7) is 8.58. The minimum Gasteiger partial charge on any atom is -0.384 e. The molecule has 4 amide bonds. The van der Waals surface area contributed by atoms with E-state index in [-0.39, 0.29) is 30.8 Å². The number of hydrogen-bond donors (Lipinski definition) is 3. The number of amides is 4. The molecule has 2 saturated heterocycles. The summed E-state index contributed by atoms with van der Waals surface area (Å²) in [6, 6.07) is 6.36. The second-order valence-corrected chi connectivity index (χ2v) is 11.0. The minimum atomic E-state index is -1.13. The molecule has 2 aliphatic heterocycles. The lowest BCUT2D eigenvalue weighted by molar-refractivity contribution is -0.157. The van der Waals surface area contributed by atoms with Crippen molar-refractivity contribution < 1.29 is 24.3 Å². The van der Waals surface area contributed by atoms with Gasteiger partial charge in [0.15, 0.2) is 0 Å². The third kappa shape index (κ3) is 5.46. The quantitative estimate of drug-likeness (QED) is 0.517. The summed E-state index contributed by atoms with van der Waals surface area (Å²) in [7, 11) is 0. The Balaban J connectivity index is 1.69. The molecule has 1 aromatic carbocycles. The van der Waals surface area contributed by atoms with E-state index in [0.717, 1.165) is 5.56 Å². The SMILES string of the molecule is CC(C)[C@@H](NC(=O)[C@@H]1CCN(C(=O)C(N)=O)C1)C(=O)N1CC[C@](O)(c2ccc(Cl)cc2)C(C)(C)C1. The van der Waals surface area contributed by atoms with Gasteiger partial charge >= 0.3 is 11.8 Å². The number of carbonyl (C=O) groups excluding carboxylic acids is 4. The number of carbonyl (C=O) groups is 4. The Morgan fingerprint density at radius 2 is 1.74 bits per heavy atom. The second kappa shape index (κ2) is 10.1. The van der Waals surface area contributed by atoms with Gasteiger partial charge < -0.3 is 26.0 Å². The molecule has 1 aromatic rings. The molecule has 9 nitrogen and oxygen atoms in total. The van der Waals surface area contributed by atoms with Gasteiger partial charge in [0.05, 0.1) is 11.5 Å². The Labute approximate surface area is 211 Å². The molecule has 3 rings (SSSR count). The summed E-state index contributed by atoms with van der Waals surface area (Å²) in [5, 5.41) is 15.0. The number of nitrogens with zero attached hydrogens (tertiary/aromatic N) is 2. The van der Waals surface area contributed by atoms with Crippen LogP contribution in [0.25, 0.3) is 0 Å². The van der Waals surface area contributed by atoms with E-state index in [1.807, 2.05) is 39.8 Å². The van der Waals surface area contributed by atoms with Crippen LogP contribution in [0.5, 0.6) is 0 Å². The molecule has 10 heteroatoms. The third-order valence-corrected chi connectivity index (χ3v) is 7.62. The summed E-state index contributed by atoms with van der Waals surface area (Å²) in [5.74, 6) is -3.07. The number of primary amides is 1. The number of piperidine rings is 1. The Morgan fingerprint density at radius 1 is 1.11 bits per heavy atom. The van der Waals surface area contributed by atoms with Gasteiger partial charge in [-0.2, -0.15) is 0 Å². The zero-order chi connectivity index (χ0) is 26.1. The fourth-order valence-corrected chi connectivity index (χ4v) is 5.19. The van der Waals surface area contributed by atoms with Crippen molar-refractivity contribution in [3.8, 4) is 0 Å². The molecule has 0 unspecified atom stereocenters. The lowest BCUT2D eigenvalue weighted by Gasteiger charge is -2.51. The molecule has 0 saturated carbocycles. The molecule has 0 spiro atoms. The number of halogens is 1. The van der Waals surface area contributed by atoms with Gasteiger partial charge in [0, 0.05) is 36.6 Å². The molecule has 2 fully saturated rings. The standard InChI is InChI=1S/C25H35ClN4O5/c1-15(2)19(28-21(32)16-9-11-29(13-16)23(34)20(27)31)22(33)30-12-10-25(35,24(3,4)14-30)17-5-7-18(26)8-6-17/h5-8,15-16,19,35H,9-14H2,1-4H3,(H2,27,31)(H,28,32)/t16-,19-,25+/m1/s1. The number of aliphatic hydroxyl groups is 1. The highest BCUT2D eigenvalue weighted by Crippen LogP contribution is 2.46. The van der Waals surface area contributed by atoms with E-state index in [0.29, 0.717) is 31.0 Å². The number of nitrogens with one attached hydrogen (secondary N) is 1. The van der Waals surface area contributed by atoms with Crippen molar-refractivity contribution >= 4 is 35.2 Å². The van der Waals surface area contributed by atoms with Crippen LogP contribution in [0.2, 0.25) is 5.02 Å². The number of rotatable bonds is 5. The lowest BCUT2D eigenvalue weighted by atomic mass is 9.66. The van der Waals surface area contributed by atoms with E-state index < -0.39 is 34.8 Å². The monoisotopic (exact) mass is 506 g/mol. The van der Waals surface area contributed by atoms with Crippen LogP contribution >= 0.6 is 11.6 Å². The maximum Gasteiger partial charge on any atom is 0.311 e. The van der Waals surface area contributed by atoms with Crippen molar-refractivity contribution in [3.63, 3.8) is 0 Å². The maximum absolute atomic E-state index is 13.5. The van der Waals surface area contributed by atoms with Crippen LogP contribution in [-0.2, 0) is 24.8 Å². The highest BCUT2D eigenvalue weighted by Gasteiger charge is 2.50. The van der Waals surface area contributed by atoms with Crippen molar-refractivity contribution in [2.45, 2.75) is 52.2 Å². The Kier molecular flexibility index (Phi) is 7.81. The number of benzene rings is 1. The Hall–Kier alpha value is -2.65. The van der Waals surface area contributed by atoms with Gasteiger partial charge in [-0.3, -0.25) is 19.2 Å². The van der Waals surface area contributed by atoms with Gasteiger partial charge in [-0.1, -0.05) is 51.4 Å². The van der Waals surface area contributed by atoms with E-state index in [1.165, 1.54) is 4.90 Å². The molecule has 4 N–H and O–H groups in total. The fraction of sp³-hybridized carbons (Fsp3) is 0.600. The van der Waals surface area contributed by atoms with Gasteiger partial charge in [0.1, 0.15) is 6.04 Å². The van der Waals surface area contributed by atoms with Crippen LogP contribution < -0.4 is 11.1 Å². The first-order chi connectivity index (χ1) is 16.3. The van der Waals surface area contributed by atoms with Crippen molar-refractivity contribution in [2.24, 2.45) is 23.0 Å². The predicted octanol–water partition coefficient (Wildman–Crippen LogP) is 1.26. The predicted molar refractivity (Wildman–Crippen MR) is 131 cm³/mol. The molecule has 3 atom stereocenters. The average Bonchev–Trinajstić information content (AvgIpc) is 3.28. The zero-order valence-corrected chi connectivity index (χ0v) is 21.5. The summed E-state index contributed by atoms with van der Waals surface area (Å²) in [5.41, 5.74) is 4.03. The number of nitrogens with two attached hydrogens (primary N) is 1. The van der Waals surface area contributed by atoms with Crippen LogP contribution in [0.1, 0.15) is 46.1 Å². The van der Waals surface area contributed by atoms with Gasteiger partial charge in [-0.25, -0.2) is 0 Å². The van der Waals surface area contributed by atoms with E-state index in [4.69, 9.17) is 17.3 Å². The van der Waals surface area contributed by atoms with Crippen LogP contribution in [0, 0.1) is 17.3 Å². The van der Waals surface area contributed by atoms with Gasteiger partial charge in [-0.05, 0) is 36.5 Å². The van der Waals surface area contributed by atoms with Crippen molar-refractivity contribution in [3.05, 3.63) is 34.9 Å². The normalized spacial score (nSPS) is 24.8. The average molecular weight is 507 g/mol. The molecule has 2 aliphatic rings. The highest BCUT2D eigenvalue weighted by atomic mass is 35.5. The van der Waals surface area contributed by atoms with Crippen LogP contribution in [0.4, 0.5) is 0 Å². The van der Waals surface area contributed by atoms with Crippen molar-refractivity contribution in [1.29, 1.82) is 0 Å². The van der Waals surface area contributed by atoms with Crippen molar-refractivity contribution in [1.82, 2.24) is 15.1 Å². The zero-order valence-electron chi connectivity index (χ0n) is 20.7. The first kappa shape index (κ1) is 26.9. The second-order valence-electron chi connectivity index (χ2n) is 10.6. The molecule has 0 bridgehead atoms. The van der Waals surface area contributed by atoms with Gasteiger partial charge in [0.2, 0.25) is 11.8 Å². The van der Waals surface area contributed by atoms with Crippen molar-refractivity contribution in [2.75, 3.05) is 26.2 Å². The molecule has 0 aliphatic carbocycles. The Bertz CT molecular complexity index is 996. The molecule has 192 valence electrons. The summed E-state index contributed by atoms with van der Waals surface area (Å²) >= 11 is 6.01. The van der Waals surface area contributed by atoms with E-state index in [9.17, 15) is 24.3 Å². The third-order valence-electron chi connectivity index (χ3n) is 7.37. The van der Waals surface area contributed by atoms with E-state index in [1.54, 1.807) is 17.0 Å². The minimum absolute atomic E-state index is 0.0947. The smallest absolute Gasteiger partial charge is 0.311 e. The topological polar surface area (TPSA) is 133 Å². The Morgan fingerprint density at radius 3 is 2.29 bits per heavy atom. The van der Waals surface area contributed by atoms with E-state index in [2.05, 4.69) is 5.32 Å². The van der Waals surface area contributed by atoms with Gasteiger partial charge in [0.25, 0.3) is 0 Å². The summed E-state index contributed by atoms with van der Waals surface area (Å²) in [4.78, 5) is 52.4. The molecular formula is C25H35ClN4O5. The molecule has 0 aromatic heterocycles. The first-order valence-corrected chi connectivity index (χ1v) is 12.3. The first-order valence-electron chi connectivity index (χ1n) is 11.9. The van der Waals surface area contributed by atoms with Gasteiger partial charge in [-0.15, -0.1) is 0 Å². The summed E-state index contributed by atoms with van der Waals surface area (Å²) < 4.78 is 0. The molecule has 2 heterocycles. The molecular weight excluding hydrogens is 472 g/mol. The van der Waals surface area contributed by atoms with E-state index >= 15 is 0 Å². The maximum atomic E-state index is 13.5. The number of likely N-dealkylation sites (tertiary alicyclic amines) is 2.